The number of carbonyl (C=O) groups is 1. The van der Waals surface area contributed by atoms with Crippen LogP contribution in [0.1, 0.15) is 24.8 Å². The minimum atomic E-state index is -0.981. The quantitative estimate of drug-likeness (QED) is 0.679. The molecule has 0 radical (unpaired) electrons. The van der Waals surface area contributed by atoms with Crippen LogP contribution in [0.15, 0.2) is 35.1 Å². The Labute approximate surface area is 165 Å². The molecule has 0 saturated heterocycles. The molecular weight excluding hydrogens is 378 g/mol. The zero-order valence-electron chi connectivity index (χ0n) is 15.3. The topological polar surface area (TPSA) is 68.5 Å². The smallest absolute Gasteiger partial charge is 0.323 e. The Kier molecular flexibility index (Phi) is 2.87. The monoisotopic (exact) mass is 395 g/mol. The largest absolute Gasteiger partial charge is 0.493 e. The van der Waals surface area contributed by atoms with Crippen molar-refractivity contribution in [2.24, 2.45) is 11.3 Å². The van der Waals surface area contributed by atoms with Gasteiger partial charge in [-0.2, -0.15) is 0 Å². The molecule has 142 valence electrons. The Balaban J connectivity index is 1.71. The summed E-state index contributed by atoms with van der Waals surface area (Å²) in [6, 6.07) is 9.22. The molecule has 1 heterocycles. The standard InChI is InChI=1S/C22H18ClNO4/c1-28-20-15(23)5-4-14-18(20)24(9-17(25)26)16-6-11(2-3-13(16)19(14)27)21-7-12-8-22(12,21)10-21/h2-6,12H,7-10H2,1H3,(H,25,26). The second kappa shape index (κ2) is 4.90. The van der Waals surface area contributed by atoms with E-state index in [1.165, 1.54) is 31.9 Å². The van der Waals surface area contributed by atoms with E-state index in [0.717, 1.165) is 5.92 Å². The van der Waals surface area contributed by atoms with Crippen LogP contribution in [-0.2, 0) is 16.8 Å². The van der Waals surface area contributed by atoms with Gasteiger partial charge in [0.25, 0.3) is 0 Å². The molecule has 6 heteroatoms. The van der Waals surface area contributed by atoms with Crippen LogP contribution in [0.5, 0.6) is 5.75 Å². The molecule has 3 aliphatic carbocycles. The first-order valence-corrected chi connectivity index (χ1v) is 9.85. The van der Waals surface area contributed by atoms with Crippen molar-refractivity contribution in [1.82, 2.24) is 4.57 Å². The van der Waals surface area contributed by atoms with Crippen molar-refractivity contribution in [2.45, 2.75) is 31.2 Å². The summed E-state index contributed by atoms with van der Waals surface area (Å²) in [6.07, 6.45) is 3.75. The number of hydrogen-bond donors (Lipinski definition) is 1. The lowest BCUT2D eigenvalue weighted by Crippen LogP contribution is -2.22. The molecule has 0 bridgehead atoms. The maximum absolute atomic E-state index is 13.2. The van der Waals surface area contributed by atoms with Gasteiger partial charge < -0.3 is 14.4 Å². The summed E-state index contributed by atoms with van der Waals surface area (Å²) in [7, 11) is 1.48. The van der Waals surface area contributed by atoms with Crippen LogP contribution in [0.25, 0.3) is 21.8 Å². The van der Waals surface area contributed by atoms with E-state index >= 15 is 0 Å². The minimum Gasteiger partial charge on any atom is -0.493 e. The highest BCUT2D eigenvalue weighted by atomic mass is 35.5. The van der Waals surface area contributed by atoms with Gasteiger partial charge in [-0.25, -0.2) is 0 Å². The molecule has 3 aliphatic rings. The molecule has 3 fully saturated rings. The number of carboxylic acid groups (broad SMARTS) is 1. The summed E-state index contributed by atoms with van der Waals surface area (Å²) in [5, 5.41) is 10.8. The van der Waals surface area contributed by atoms with Crippen LogP contribution < -0.4 is 10.2 Å². The fourth-order valence-electron chi connectivity index (χ4n) is 6.02. The number of ether oxygens (including phenoxy) is 1. The molecule has 2 aromatic carbocycles. The first kappa shape index (κ1) is 16.4. The average molecular weight is 396 g/mol. The van der Waals surface area contributed by atoms with Gasteiger partial charge >= 0.3 is 5.97 Å². The van der Waals surface area contributed by atoms with E-state index in [-0.39, 0.29) is 17.4 Å². The molecule has 3 atom stereocenters. The van der Waals surface area contributed by atoms with Gasteiger partial charge in [0.1, 0.15) is 6.54 Å². The third-order valence-corrected chi connectivity index (χ3v) is 7.75. The van der Waals surface area contributed by atoms with E-state index in [1.54, 1.807) is 16.7 Å². The lowest BCUT2D eigenvalue weighted by atomic mass is 9.78. The van der Waals surface area contributed by atoms with E-state index in [1.807, 2.05) is 12.1 Å². The zero-order valence-corrected chi connectivity index (χ0v) is 16.0. The maximum Gasteiger partial charge on any atom is 0.323 e. The van der Waals surface area contributed by atoms with Gasteiger partial charge in [-0.1, -0.05) is 17.7 Å². The Morgan fingerprint density at radius 2 is 2.07 bits per heavy atom. The lowest BCUT2D eigenvalue weighted by molar-refractivity contribution is -0.137. The number of nitrogens with zero attached hydrogens (tertiary/aromatic N) is 1. The summed E-state index contributed by atoms with van der Waals surface area (Å²) >= 11 is 6.29. The summed E-state index contributed by atoms with van der Waals surface area (Å²) in [4.78, 5) is 24.8. The number of benzene rings is 2. The van der Waals surface area contributed by atoms with Gasteiger partial charge in [0.15, 0.2) is 11.2 Å². The van der Waals surface area contributed by atoms with E-state index in [9.17, 15) is 14.7 Å². The number of fused-ring (bicyclic) bond motifs is 2. The number of halogens is 1. The zero-order chi connectivity index (χ0) is 19.4. The van der Waals surface area contributed by atoms with E-state index in [4.69, 9.17) is 16.3 Å². The van der Waals surface area contributed by atoms with Gasteiger partial charge in [0.2, 0.25) is 0 Å². The van der Waals surface area contributed by atoms with Crippen molar-refractivity contribution < 1.29 is 14.6 Å². The molecule has 3 aromatic rings. The fourth-order valence-corrected chi connectivity index (χ4v) is 6.25. The number of aliphatic carboxylic acids is 1. The predicted octanol–water partition coefficient (Wildman–Crippen LogP) is 3.95. The molecule has 0 amide bonds. The number of carboxylic acids is 1. The number of methoxy groups -OCH3 is 1. The average Bonchev–Trinajstić information content (AvgIpc) is 3.46. The third-order valence-electron chi connectivity index (χ3n) is 7.45. The van der Waals surface area contributed by atoms with E-state index < -0.39 is 5.97 Å². The first-order valence-electron chi connectivity index (χ1n) is 9.47. The van der Waals surface area contributed by atoms with Crippen LogP contribution in [0.3, 0.4) is 0 Å². The van der Waals surface area contributed by atoms with Gasteiger partial charge in [-0.05, 0) is 60.4 Å². The van der Waals surface area contributed by atoms with Crippen molar-refractivity contribution in [3.8, 4) is 5.75 Å². The Bertz CT molecular complexity index is 1290. The van der Waals surface area contributed by atoms with Crippen molar-refractivity contribution in [2.75, 3.05) is 7.11 Å². The van der Waals surface area contributed by atoms with E-state index in [0.29, 0.717) is 38.0 Å². The molecule has 28 heavy (non-hydrogen) atoms. The van der Waals surface area contributed by atoms with Crippen LogP contribution in [-0.4, -0.2) is 22.8 Å². The highest BCUT2D eigenvalue weighted by molar-refractivity contribution is 6.33. The predicted molar refractivity (Wildman–Crippen MR) is 106 cm³/mol. The van der Waals surface area contributed by atoms with Gasteiger partial charge in [0, 0.05) is 10.8 Å². The highest BCUT2D eigenvalue weighted by Crippen LogP contribution is 2.94. The van der Waals surface area contributed by atoms with Gasteiger partial charge in [-0.15, -0.1) is 0 Å². The fraction of sp³-hybridized carbons (Fsp3) is 0.364. The Morgan fingerprint density at radius 1 is 1.29 bits per heavy atom. The molecule has 5 nitrogen and oxygen atoms in total. The van der Waals surface area contributed by atoms with E-state index in [2.05, 4.69) is 6.07 Å². The summed E-state index contributed by atoms with van der Waals surface area (Å²) in [5.41, 5.74) is 2.94. The van der Waals surface area contributed by atoms with Crippen molar-refractivity contribution >= 4 is 39.4 Å². The van der Waals surface area contributed by atoms with Crippen LogP contribution in [0.2, 0.25) is 5.02 Å². The Hall–Kier alpha value is -2.53. The highest BCUT2D eigenvalue weighted by Gasteiger charge is 2.88. The lowest BCUT2D eigenvalue weighted by Gasteiger charge is -2.26. The summed E-state index contributed by atoms with van der Waals surface area (Å²) < 4.78 is 7.12. The second-order valence-corrected chi connectivity index (χ2v) is 8.95. The van der Waals surface area contributed by atoms with Crippen LogP contribution in [0.4, 0.5) is 0 Å². The molecule has 1 N–H and O–H groups in total. The molecule has 6 rings (SSSR count). The third kappa shape index (κ3) is 1.74. The van der Waals surface area contributed by atoms with Crippen molar-refractivity contribution in [3.63, 3.8) is 0 Å². The summed E-state index contributed by atoms with van der Waals surface area (Å²) in [5.74, 6) is 0.224. The number of pyridine rings is 1. The molecule has 3 unspecified atom stereocenters. The van der Waals surface area contributed by atoms with Crippen LogP contribution in [0, 0.1) is 11.3 Å². The number of aromatic nitrogens is 1. The minimum absolute atomic E-state index is 0.130. The van der Waals surface area contributed by atoms with Gasteiger partial charge in [-0.3, -0.25) is 9.59 Å². The maximum atomic E-state index is 13.2. The molecular formula is C22H18ClNO4. The number of rotatable bonds is 4. The van der Waals surface area contributed by atoms with Crippen molar-refractivity contribution in [3.05, 3.63) is 51.1 Å². The van der Waals surface area contributed by atoms with Gasteiger partial charge in [0.05, 0.1) is 28.6 Å². The number of hydrogen-bond acceptors (Lipinski definition) is 3. The Morgan fingerprint density at radius 3 is 2.68 bits per heavy atom. The van der Waals surface area contributed by atoms with Crippen LogP contribution >= 0.6 is 11.6 Å². The molecule has 1 aromatic heterocycles. The SMILES string of the molecule is COc1c(Cl)ccc2c(=O)c3ccc(C45CC6CC64C5)cc3n(CC(=O)O)c12. The molecule has 1 spiro atoms. The second-order valence-electron chi connectivity index (χ2n) is 8.54. The molecule has 3 saturated carbocycles. The molecule has 0 aliphatic heterocycles. The normalized spacial score (nSPS) is 29.1. The van der Waals surface area contributed by atoms with Crippen molar-refractivity contribution in [1.29, 1.82) is 0 Å². The first-order chi connectivity index (χ1) is 13.4. The summed E-state index contributed by atoms with van der Waals surface area (Å²) in [6.45, 7) is -0.270.